The number of ketones is 2. The molecule has 7 nitrogen and oxygen atoms in total. The molecule has 0 amide bonds. The van der Waals surface area contributed by atoms with Gasteiger partial charge in [0.05, 0.1) is 6.61 Å². The van der Waals surface area contributed by atoms with Crippen LogP contribution in [0.15, 0.2) is 18.2 Å². The van der Waals surface area contributed by atoms with Crippen LogP contribution in [0.4, 0.5) is 0 Å². The number of phenolic OH excluding ortho intramolecular Hbond substituents is 2. The largest absolute Gasteiger partial charge is 0.504 e. The minimum atomic E-state index is -0.609. The van der Waals surface area contributed by atoms with Crippen LogP contribution in [0, 0.1) is 0 Å². The monoisotopic (exact) mass is 412 g/mol. The molecule has 1 rings (SSSR count). The molecule has 0 saturated heterocycles. The number of rotatable bonds is 14. The fraction of sp³-hybridized carbons (Fsp3) is 0.550. The van der Waals surface area contributed by atoms with E-state index in [0.29, 0.717) is 38.0 Å². The Labute approximate surface area is 169 Å². The molecule has 1 aromatic carbocycles. The van der Waals surface area contributed by atoms with E-state index in [1.165, 1.54) is 37.9 Å². The van der Waals surface area contributed by atoms with E-state index >= 15 is 0 Å². The second kappa shape index (κ2) is 13.2. The zero-order valence-electron chi connectivity index (χ0n) is 16.3. The molecule has 8 heteroatoms. The lowest BCUT2D eigenvalue weighted by molar-refractivity contribution is -0.145. The van der Waals surface area contributed by atoms with Gasteiger partial charge in [0, 0.05) is 32.1 Å². The first-order valence-corrected chi connectivity index (χ1v) is 10.2. The summed E-state index contributed by atoms with van der Waals surface area (Å²) in [5.74, 6) is -0.394. The Morgan fingerprint density at radius 3 is 2.50 bits per heavy atom. The van der Waals surface area contributed by atoms with Crippen LogP contribution < -0.4 is 0 Å². The van der Waals surface area contributed by atoms with Crippen LogP contribution in [-0.4, -0.2) is 59.1 Å². The fourth-order valence-electron chi connectivity index (χ4n) is 2.44. The number of phenols is 2. The van der Waals surface area contributed by atoms with Crippen molar-refractivity contribution in [2.75, 3.05) is 26.1 Å². The molecule has 1 aromatic rings. The van der Waals surface area contributed by atoms with Crippen molar-refractivity contribution in [3.05, 3.63) is 23.8 Å². The maximum absolute atomic E-state index is 12.0. The highest BCUT2D eigenvalue weighted by Gasteiger charge is 2.22. The lowest BCUT2D eigenvalue weighted by atomic mass is 10.1. The Balaban J connectivity index is 2.33. The van der Waals surface area contributed by atoms with Gasteiger partial charge in [-0.1, -0.05) is 6.07 Å². The Bertz CT molecular complexity index is 660. The Morgan fingerprint density at radius 2 is 1.86 bits per heavy atom. The number of carbonyl (C=O) groups is 3. The molecule has 2 N–H and O–H groups in total. The molecule has 0 aliphatic heterocycles. The first kappa shape index (κ1) is 24.0. The summed E-state index contributed by atoms with van der Waals surface area (Å²) in [7, 11) is 1.51. The lowest BCUT2D eigenvalue weighted by Gasteiger charge is -2.14. The lowest BCUT2D eigenvalue weighted by Crippen LogP contribution is -2.24. The average Bonchev–Trinajstić information content (AvgIpc) is 2.63. The van der Waals surface area contributed by atoms with Crippen molar-refractivity contribution < 1.29 is 34.1 Å². The van der Waals surface area contributed by atoms with Crippen molar-refractivity contribution in [1.82, 2.24) is 0 Å². The van der Waals surface area contributed by atoms with Gasteiger partial charge in [0.2, 0.25) is 0 Å². The third-order valence-electron chi connectivity index (χ3n) is 3.93. The fourth-order valence-corrected chi connectivity index (χ4v) is 3.63. The molecule has 0 bridgehead atoms. The van der Waals surface area contributed by atoms with Gasteiger partial charge >= 0.3 is 5.97 Å². The molecule has 1 unspecified atom stereocenters. The molecule has 0 heterocycles. The van der Waals surface area contributed by atoms with Crippen molar-refractivity contribution in [3.8, 4) is 11.5 Å². The van der Waals surface area contributed by atoms with Gasteiger partial charge in [-0.2, -0.15) is 0 Å². The first-order valence-electron chi connectivity index (χ1n) is 9.12. The Hall–Kier alpha value is -2.06. The number of methoxy groups -OCH3 is 1. The van der Waals surface area contributed by atoms with E-state index in [-0.39, 0.29) is 36.1 Å². The third kappa shape index (κ3) is 9.75. The number of benzene rings is 1. The van der Waals surface area contributed by atoms with E-state index in [0.717, 1.165) is 5.56 Å². The van der Waals surface area contributed by atoms with Crippen molar-refractivity contribution >= 4 is 29.3 Å². The number of Topliss-reactive ketones (excluding diaryl/α,β-unsaturated/α-hetero) is 2. The number of aromatic hydroxyl groups is 2. The van der Waals surface area contributed by atoms with Crippen molar-refractivity contribution in [1.29, 1.82) is 0 Å². The molecule has 0 aliphatic carbocycles. The van der Waals surface area contributed by atoms with Crippen molar-refractivity contribution in [2.45, 2.75) is 44.3 Å². The molecule has 0 aromatic heterocycles. The topological polar surface area (TPSA) is 110 Å². The van der Waals surface area contributed by atoms with Crippen LogP contribution in [0.25, 0.3) is 0 Å². The quantitative estimate of drug-likeness (QED) is 0.273. The van der Waals surface area contributed by atoms with E-state index in [1.54, 1.807) is 6.07 Å². The average molecular weight is 413 g/mol. The van der Waals surface area contributed by atoms with Gasteiger partial charge in [-0.05, 0) is 37.5 Å². The molecular weight excluding hydrogens is 384 g/mol. The highest BCUT2D eigenvalue weighted by Crippen LogP contribution is 2.25. The highest BCUT2D eigenvalue weighted by molar-refractivity contribution is 8.00. The van der Waals surface area contributed by atoms with Crippen LogP contribution in [0.1, 0.15) is 38.2 Å². The molecular formula is C20H28O7S. The molecule has 0 spiro atoms. The minimum Gasteiger partial charge on any atom is -0.504 e. The summed E-state index contributed by atoms with van der Waals surface area (Å²) in [6, 6.07) is 4.61. The zero-order chi connectivity index (χ0) is 20.9. The van der Waals surface area contributed by atoms with E-state index in [9.17, 15) is 24.6 Å². The zero-order valence-corrected chi connectivity index (χ0v) is 17.1. The smallest absolute Gasteiger partial charge is 0.319 e. The number of hydrogen-bond acceptors (Lipinski definition) is 8. The van der Waals surface area contributed by atoms with Crippen molar-refractivity contribution in [3.63, 3.8) is 0 Å². The van der Waals surface area contributed by atoms with Crippen molar-refractivity contribution in [2.24, 2.45) is 0 Å². The van der Waals surface area contributed by atoms with Crippen LogP contribution in [0.2, 0.25) is 0 Å². The van der Waals surface area contributed by atoms with Gasteiger partial charge in [-0.25, -0.2) is 0 Å². The van der Waals surface area contributed by atoms with Crippen LogP contribution in [0.3, 0.4) is 0 Å². The summed E-state index contributed by atoms with van der Waals surface area (Å²) in [5.41, 5.74) is 0.845. The van der Waals surface area contributed by atoms with Gasteiger partial charge in [0.15, 0.2) is 11.5 Å². The van der Waals surface area contributed by atoms with Gasteiger partial charge in [0.1, 0.15) is 23.4 Å². The van der Waals surface area contributed by atoms with E-state index in [1.807, 2.05) is 0 Å². The molecule has 156 valence electrons. The SMILES string of the molecule is COCCOC(=O)C(CC(C)=O)SCCC(=O)CCCc1ccc(O)c(O)c1. The second-order valence-corrected chi connectivity index (χ2v) is 7.70. The number of carbonyl (C=O) groups excluding carboxylic acids is 3. The summed E-state index contributed by atoms with van der Waals surface area (Å²) in [6.45, 7) is 1.85. The minimum absolute atomic E-state index is 0.0739. The Morgan fingerprint density at radius 1 is 1.11 bits per heavy atom. The molecule has 28 heavy (non-hydrogen) atoms. The van der Waals surface area contributed by atoms with Crippen LogP contribution in [0.5, 0.6) is 11.5 Å². The molecule has 0 fully saturated rings. The summed E-state index contributed by atoms with van der Waals surface area (Å²) in [5, 5.41) is 18.1. The summed E-state index contributed by atoms with van der Waals surface area (Å²) in [4.78, 5) is 35.4. The maximum atomic E-state index is 12.0. The summed E-state index contributed by atoms with van der Waals surface area (Å²) >= 11 is 1.26. The highest BCUT2D eigenvalue weighted by atomic mass is 32.2. The first-order chi connectivity index (χ1) is 13.3. The summed E-state index contributed by atoms with van der Waals surface area (Å²) in [6.07, 6.45) is 2.02. The standard InChI is InChI=1S/C20H28O7S/c1-14(21)12-19(20(25)27-10-9-26-2)28-11-8-16(22)5-3-4-15-6-7-17(23)18(24)13-15/h6-7,13,19,23-24H,3-5,8-12H2,1-2H3. The van der Waals surface area contributed by atoms with Crippen LogP contribution >= 0.6 is 11.8 Å². The third-order valence-corrected chi connectivity index (χ3v) is 5.13. The summed E-state index contributed by atoms with van der Waals surface area (Å²) < 4.78 is 9.90. The number of aryl methyl sites for hydroxylation is 1. The van der Waals surface area contributed by atoms with E-state index in [2.05, 4.69) is 0 Å². The van der Waals surface area contributed by atoms with E-state index in [4.69, 9.17) is 9.47 Å². The Kier molecular flexibility index (Phi) is 11.3. The molecule has 0 saturated carbocycles. The van der Waals surface area contributed by atoms with Gasteiger partial charge < -0.3 is 19.7 Å². The van der Waals surface area contributed by atoms with E-state index < -0.39 is 11.2 Å². The van der Waals surface area contributed by atoms with Gasteiger partial charge in [-0.15, -0.1) is 11.8 Å². The number of ether oxygens (including phenoxy) is 2. The van der Waals surface area contributed by atoms with Gasteiger partial charge in [-0.3, -0.25) is 14.4 Å². The number of hydrogen-bond donors (Lipinski definition) is 2. The predicted molar refractivity (Wildman–Crippen MR) is 107 cm³/mol. The number of thioether (sulfide) groups is 1. The van der Waals surface area contributed by atoms with Crippen LogP contribution in [-0.2, 0) is 30.3 Å². The normalized spacial score (nSPS) is 11.8. The molecule has 0 aliphatic rings. The maximum Gasteiger partial charge on any atom is 0.319 e. The molecule has 1 atom stereocenters. The predicted octanol–water partition coefficient (Wildman–Crippen LogP) is 2.65. The van der Waals surface area contributed by atoms with Gasteiger partial charge in [0.25, 0.3) is 0 Å². The molecule has 0 radical (unpaired) electrons. The number of esters is 1. The second-order valence-electron chi connectivity index (χ2n) is 6.39.